The fourth-order valence-electron chi connectivity index (χ4n) is 2.50. The zero-order chi connectivity index (χ0) is 18.0. The molecule has 0 aliphatic heterocycles. The highest BCUT2D eigenvalue weighted by molar-refractivity contribution is 6.35. The van der Waals surface area contributed by atoms with Crippen LogP contribution < -0.4 is 10.4 Å². The molecule has 1 heterocycles. The molecule has 0 saturated heterocycles. The first-order valence-electron chi connectivity index (χ1n) is 7.97. The molecule has 0 aliphatic carbocycles. The Bertz CT molecular complexity index is 974. The van der Waals surface area contributed by atoms with Crippen molar-refractivity contribution in [2.24, 2.45) is 5.92 Å². The van der Waals surface area contributed by atoms with Crippen molar-refractivity contribution < 1.29 is 13.9 Å². The molecule has 0 aliphatic rings. The van der Waals surface area contributed by atoms with Gasteiger partial charge < -0.3 is 9.15 Å². The molecule has 0 atom stereocenters. The van der Waals surface area contributed by atoms with Crippen LogP contribution in [0.15, 0.2) is 57.7 Å². The Morgan fingerprint density at radius 1 is 1.12 bits per heavy atom. The van der Waals surface area contributed by atoms with Gasteiger partial charge in [0.2, 0.25) is 0 Å². The summed E-state index contributed by atoms with van der Waals surface area (Å²) < 4.78 is 11.0. The number of carbonyl (C=O) groups is 1. The van der Waals surface area contributed by atoms with Crippen molar-refractivity contribution in [3.63, 3.8) is 0 Å². The summed E-state index contributed by atoms with van der Waals surface area (Å²) in [5.74, 6) is -0.588. The van der Waals surface area contributed by atoms with Crippen molar-refractivity contribution in [1.82, 2.24) is 0 Å². The van der Waals surface area contributed by atoms with Crippen molar-refractivity contribution >= 4 is 28.5 Å². The van der Waals surface area contributed by atoms with Crippen molar-refractivity contribution in [1.29, 1.82) is 0 Å². The monoisotopic (exact) mass is 356 g/mol. The first-order chi connectivity index (χ1) is 12.0. The fraction of sp³-hybridized carbons (Fsp3) is 0.200. The third-order valence-electron chi connectivity index (χ3n) is 3.82. The predicted molar refractivity (Wildman–Crippen MR) is 97.2 cm³/mol. The minimum absolute atomic E-state index is 0.180. The van der Waals surface area contributed by atoms with E-state index < -0.39 is 11.6 Å². The van der Waals surface area contributed by atoms with E-state index in [0.29, 0.717) is 16.0 Å². The molecular formula is C20H17ClO4. The number of ether oxygens (including phenoxy) is 1. The number of esters is 1. The Balaban J connectivity index is 2.23. The van der Waals surface area contributed by atoms with Gasteiger partial charge in [0, 0.05) is 6.42 Å². The molecule has 5 heteroatoms. The van der Waals surface area contributed by atoms with Gasteiger partial charge in [-0.05, 0) is 17.7 Å². The Labute approximate surface area is 150 Å². The zero-order valence-electron chi connectivity index (χ0n) is 13.9. The summed E-state index contributed by atoms with van der Waals surface area (Å²) >= 11 is 6.30. The van der Waals surface area contributed by atoms with E-state index in [1.807, 2.05) is 30.3 Å². The van der Waals surface area contributed by atoms with Crippen molar-refractivity contribution in [2.45, 2.75) is 20.3 Å². The number of hydrogen-bond acceptors (Lipinski definition) is 4. The lowest BCUT2D eigenvalue weighted by Gasteiger charge is -2.14. The molecule has 3 aromatic rings. The summed E-state index contributed by atoms with van der Waals surface area (Å²) in [6.45, 7) is 3.46. The molecule has 0 spiro atoms. The highest BCUT2D eigenvalue weighted by Crippen LogP contribution is 2.35. The lowest BCUT2D eigenvalue weighted by molar-refractivity contribution is -0.137. The van der Waals surface area contributed by atoms with E-state index in [4.69, 9.17) is 20.8 Å². The third-order valence-corrected chi connectivity index (χ3v) is 4.14. The van der Waals surface area contributed by atoms with E-state index in [-0.39, 0.29) is 23.7 Å². The lowest BCUT2D eigenvalue weighted by Crippen LogP contribution is -2.19. The lowest BCUT2D eigenvalue weighted by atomic mass is 10.0. The topological polar surface area (TPSA) is 56.5 Å². The second-order valence-corrected chi connectivity index (χ2v) is 6.46. The van der Waals surface area contributed by atoms with Gasteiger partial charge in [-0.15, -0.1) is 0 Å². The molecule has 0 unspecified atom stereocenters. The molecule has 0 fully saturated rings. The summed E-state index contributed by atoms with van der Waals surface area (Å²) in [5, 5.41) is 0.797. The second-order valence-electron chi connectivity index (χ2n) is 6.05. The van der Waals surface area contributed by atoms with Gasteiger partial charge in [-0.2, -0.15) is 0 Å². The van der Waals surface area contributed by atoms with Crippen LogP contribution in [-0.4, -0.2) is 5.97 Å². The average molecular weight is 357 g/mol. The SMILES string of the molecule is CC(C)C(=O)Oc1c(Cc2ccccc2)c(=O)oc2cccc(Cl)c12. The predicted octanol–water partition coefficient (Wildman–Crippen LogP) is 4.60. The molecule has 0 amide bonds. The summed E-state index contributed by atoms with van der Waals surface area (Å²) in [6, 6.07) is 14.4. The fourth-order valence-corrected chi connectivity index (χ4v) is 2.75. The van der Waals surface area contributed by atoms with Gasteiger partial charge in [-0.25, -0.2) is 4.79 Å². The maximum absolute atomic E-state index is 12.5. The van der Waals surface area contributed by atoms with Gasteiger partial charge in [0.25, 0.3) is 0 Å². The summed E-state index contributed by atoms with van der Waals surface area (Å²) in [7, 11) is 0. The van der Waals surface area contributed by atoms with E-state index in [0.717, 1.165) is 5.56 Å². The molecule has 2 aromatic carbocycles. The minimum atomic E-state index is -0.537. The highest BCUT2D eigenvalue weighted by atomic mass is 35.5. The Kier molecular flexibility index (Phi) is 4.91. The van der Waals surface area contributed by atoms with Crippen molar-refractivity contribution in [3.05, 3.63) is 75.1 Å². The Morgan fingerprint density at radius 3 is 2.52 bits per heavy atom. The van der Waals surface area contributed by atoms with E-state index >= 15 is 0 Å². The maximum Gasteiger partial charge on any atom is 0.343 e. The van der Waals surface area contributed by atoms with Gasteiger partial charge in [0.15, 0.2) is 5.75 Å². The van der Waals surface area contributed by atoms with Crippen LogP contribution in [-0.2, 0) is 11.2 Å². The minimum Gasteiger partial charge on any atom is -0.425 e. The van der Waals surface area contributed by atoms with Crippen LogP contribution in [0.4, 0.5) is 0 Å². The van der Waals surface area contributed by atoms with Crippen molar-refractivity contribution in [2.75, 3.05) is 0 Å². The normalized spacial score (nSPS) is 11.0. The van der Waals surface area contributed by atoms with Crippen LogP contribution >= 0.6 is 11.6 Å². The standard InChI is InChI=1S/C20H17ClO4/c1-12(2)19(22)25-18-14(11-13-7-4-3-5-8-13)20(23)24-16-10-6-9-15(21)17(16)18/h3-10,12H,11H2,1-2H3. The highest BCUT2D eigenvalue weighted by Gasteiger charge is 2.22. The quantitative estimate of drug-likeness (QED) is 0.506. The average Bonchev–Trinajstić information content (AvgIpc) is 2.58. The molecule has 128 valence electrons. The number of carbonyl (C=O) groups excluding carboxylic acids is 1. The van der Waals surface area contributed by atoms with Crippen LogP contribution in [0, 0.1) is 5.92 Å². The van der Waals surface area contributed by atoms with Gasteiger partial charge in [0.05, 0.1) is 21.9 Å². The van der Waals surface area contributed by atoms with Crippen LogP contribution in [0.2, 0.25) is 5.02 Å². The molecule has 1 aromatic heterocycles. The molecule has 0 bridgehead atoms. The number of hydrogen-bond donors (Lipinski definition) is 0. The van der Waals surface area contributed by atoms with Gasteiger partial charge in [-0.3, -0.25) is 4.79 Å². The summed E-state index contributed by atoms with van der Waals surface area (Å²) in [5.41, 5.74) is 0.940. The smallest absolute Gasteiger partial charge is 0.343 e. The van der Waals surface area contributed by atoms with Crippen molar-refractivity contribution in [3.8, 4) is 5.75 Å². The van der Waals surface area contributed by atoms with Crippen LogP contribution in [0.3, 0.4) is 0 Å². The van der Waals surface area contributed by atoms with Crippen LogP contribution in [0.25, 0.3) is 11.0 Å². The van der Waals surface area contributed by atoms with Crippen LogP contribution in [0.1, 0.15) is 25.0 Å². The Hall–Kier alpha value is -2.59. The first kappa shape index (κ1) is 17.2. The third kappa shape index (κ3) is 3.59. The van der Waals surface area contributed by atoms with E-state index in [1.54, 1.807) is 32.0 Å². The van der Waals surface area contributed by atoms with Crippen LogP contribution in [0.5, 0.6) is 5.75 Å². The van der Waals surface area contributed by atoms with Gasteiger partial charge in [-0.1, -0.05) is 61.8 Å². The zero-order valence-corrected chi connectivity index (χ0v) is 14.7. The van der Waals surface area contributed by atoms with Gasteiger partial charge >= 0.3 is 11.6 Å². The van der Waals surface area contributed by atoms with E-state index in [2.05, 4.69) is 0 Å². The maximum atomic E-state index is 12.5. The number of halogens is 1. The summed E-state index contributed by atoms with van der Waals surface area (Å²) in [6.07, 6.45) is 0.283. The summed E-state index contributed by atoms with van der Waals surface area (Å²) in [4.78, 5) is 24.7. The number of fused-ring (bicyclic) bond motifs is 1. The molecule has 0 radical (unpaired) electrons. The molecular weight excluding hydrogens is 340 g/mol. The molecule has 4 nitrogen and oxygen atoms in total. The second kappa shape index (κ2) is 7.11. The number of benzene rings is 2. The largest absolute Gasteiger partial charge is 0.425 e. The van der Waals surface area contributed by atoms with Gasteiger partial charge in [0.1, 0.15) is 5.58 Å². The van der Waals surface area contributed by atoms with E-state index in [1.165, 1.54) is 0 Å². The molecule has 3 rings (SSSR count). The molecule has 25 heavy (non-hydrogen) atoms. The molecule has 0 saturated carbocycles. The molecule has 0 N–H and O–H groups in total. The number of rotatable bonds is 4. The first-order valence-corrected chi connectivity index (χ1v) is 8.35. The Morgan fingerprint density at radius 2 is 1.84 bits per heavy atom. The van der Waals surface area contributed by atoms with E-state index in [9.17, 15) is 9.59 Å².